The second-order valence-corrected chi connectivity index (χ2v) is 12.7. The van der Waals surface area contributed by atoms with Crippen LogP contribution in [-0.2, 0) is 19.2 Å². The number of likely N-dealkylation sites (N-methyl/N-ethyl adjacent to an activating group) is 1. The zero-order valence-electron chi connectivity index (χ0n) is 28.4. The fraction of sp³-hybridized carbons (Fsp3) is 0.647. The number of methoxy groups -OCH3 is 1. The summed E-state index contributed by atoms with van der Waals surface area (Å²) in [5.74, 6) is -0.573. The van der Waals surface area contributed by atoms with Crippen LogP contribution in [0.25, 0.3) is 6.08 Å². The molecule has 0 aliphatic carbocycles. The van der Waals surface area contributed by atoms with Gasteiger partial charge in [-0.1, -0.05) is 60.8 Å². The number of nitrogens with one attached hydrogen (secondary N) is 3. The first-order valence-electron chi connectivity index (χ1n) is 16.3. The summed E-state index contributed by atoms with van der Waals surface area (Å²) in [4.78, 5) is 58.9. The lowest BCUT2D eigenvalue weighted by molar-refractivity contribution is -0.145. The van der Waals surface area contributed by atoms with Gasteiger partial charge in [-0.25, -0.2) is 0 Å². The van der Waals surface area contributed by atoms with E-state index in [2.05, 4.69) is 16.0 Å². The van der Waals surface area contributed by atoms with E-state index < -0.39 is 36.2 Å². The van der Waals surface area contributed by atoms with Gasteiger partial charge in [-0.15, -0.1) is 0 Å². The molecule has 1 aromatic carbocycles. The molecule has 0 radical (unpaired) electrons. The fourth-order valence-electron chi connectivity index (χ4n) is 6.11. The van der Waals surface area contributed by atoms with Gasteiger partial charge in [-0.3, -0.25) is 24.1 Å². The number of rotatable bonds is 11. The lowest BCUT2D eigenvalue weighted by atomic mass is 9.94. The first-order chi connectivity index (χ1) is 21.4. The van der Waals surface area contributed by atoms with Gasteiger partial charge in [-0.2, -0.15) is 0 Å². The summed E-state index contributed by atoms with van der Waals surface area (Å²) in [6.45, 7) is 12.1. The second-order valence-electron chi connectivity index (χ2n) is 12.7. The zero-order valence-corrected chi connectivity index (χ0v) is 28.4. The smallest absolute Gasteiger partial charge is 0.247 e. The Morgan fingerprint density at radius 1 is 1.07 bits per heavy atom. The fourth-order valence-corrected chi connectivity index (χ4v) is 6.11. The van der Waals surface area contributed by atoms with E-state index in [1.165, 1.54) is 11.1 Å². The monoisotopic (exact) mass is 627 g/mol. The van der Waals surface area contributed by atoms with E-state index in [1.54, 1.807) is 31.4 Å². The molecule has 0 saturated carbocycles. The van der Waals surface area contributed by atoms with Crippen LogP contribution < -0.4 is 25.4 Å². The highest BCUT2D eigenvalue weighted by molar-refractivity contribution is 5.96. The molecule has 2 aliphatic heterocycles. The number of carbonyl (C=O) groups is 4. The SMILES string of the molecule is CC[C@@H](C)[C@H]1NC(=O)[C@@H]2[C@@H](CCN2C(=O)[C@@H](NC(=O)[C@@H]([C@@H](C)CC)N(C)C)[C@@H](C)CC)Oc2ccc(OC)c(c2)/C=C\NC1=O. The minimum Gasteiger partial charge on any atom is -0.496 e. The average molecular weight is 628 g/mol. The lowest BCUT2D eigenvalue weighted by Crippen LogP contribution is -2.61. The van der Waals surface area contributed by atoms with Crippen molar-refractivity contribution < 1.29 is 28.7 Å². The van der Waals surface area contributed by atoms with E-state index >= 15 is 0 Å². The molecule has 11 heteroatoms. The Hall–Kier alpha value is -3.60. The van der Waals surface area contributed by atoms with Crippen LogP contribution in [0, 0.1) is 17.8 Å². The Kier molecular flexibility index (Phi) is 12.8. The quantitative estimate of drug-likeness (QED) is 0.344. The molecular formula is C34H53N5O6. The molecule has 0 spiro atoms. The highest BCUT2D eigenvalue weighted by Crippen LogP contribution is 2.31. The van der Waals surface area contributed by atoms with E-state index in [-0.39, 0.29) is 42.0 Å². The van der Waals surface area contributed by atoms with Gasteiger partial charge in [0.05, 0.1) is 13.2 Å². The van der Waals surface area contributed by atoms with Crippen LogP contribution in [0.15, 0.2) is 24.4 Å². The van der Waals surface area contributed by atoms with Crippen LogP contribution in [0.4, 0.5) is 0 Å². The zero-order chi connectivity index (χ0) is 33.4. The van der Waals surface area contributed by atoms with Gasteiger partial charge in [0.15, 0.2) is 0 Å². The third-order valence-corrected chi connectivity index (χ3v) is 9.45. The minimum atomic E-state index is -1.02. The number of carbonyl (C=O) groups excluding carboxylic acids is 4. The van der Waals surface area contributed by atoms with Gasteiger partial charge in [0.1, 0.15) is 35.7 Å². The maximum absolute atomic E-state index is 14.4. The summed E-state index contributed by atoms with van der Waals surface area (Å²) in [5.41, 5.74) is 0.688. The summed E-state index contributed by atoms with van der Waals surface area (Å²) in [6.07, 6.45) is 5.07. The number of amides is 4. The van der Waals surface area contributed by atoms with Gasteiger partial charge in [0.25, 0.3) is 0 Å². The Morgan fingerprint density at radius 2 is 1.76 bits per heavy atom. The van der Waals surface area contributed by atoms with Crippen LogP contribution >= 0.6 is 0 Å². The third kappa shape index (κ3) is 8.36. The molecule has 3 N–H and O–H groups in total. The van der Waals surface area contributed by atoms with Gasteiger partial charge < -0.3 is 30.3 Å². The van der Waals surface area contributed by atoms with E-state index in [0.29, 0.717) is 36.3 Å². The van der Waals surface area contributed by atoms with E-state index in [9.17, 15) is 19.2 Å². The van der Waals surface area contributed by atoms with Crippen molar-refractivity contribution in [1.29, 1.82) is 0 Å². The number of hydrogen-bond donors (Lipinski definition) is 3. The van der Waals surface area contributed by atoms with Crippen LogP contribution in [-0.4, -0.2) is 91.4 Å². The molecule has 11 nitrogen and oxygen atoms in total. The second kappa shape index (κ2) is 16.1. The Labute approximate surface area is 268 Å². The predicted molar refractivity (Wildman–Crippen MR) is 174 cm³/mol. The Morgan fingerprint density at radius 3 is 2.36 bits per heavy atom. The molecule has 8 atom stereocenters. The van der Waals surface area contributed by atoms with Crippen LogP contribution in [0.5, 0.6) is 11.5 Å². The topological polar surface area (TPSA) is 129 Å². The summed E-state index contributed by atoms with van der Waals surface area (Å²) in [7, 11) is 5.29. The number of likely N-dealkylation sites (tertiary alicyclic amines) is 1. The number of benzene rings is 1. The van der Waals surface area contributed by atoms with Crippen molar-refractivity contribution in [2.45, 2.75) is 97.5 Å². The number of hydrogen-bond acceptors (Lipinski definition) is 7. The standard InChI is InChI=1S/C34H53N5O6/c1-10-20(4)27-31(40)35-17-15-23-19-24(13-14-25(23)44-9)45-26-16-18-39(30(26)33(42)36-27)34(43)28(21(5)11-2)37-32(41)29(38(7)8)22(6)12-3/h13-15,17,19-22,26-30H,10-12,16,18H2,1-9H3,(H,35,40)(H,36,42)(H,37,41)/b17-15-/t20-,21+,22+,26-,27-,28+,29-,30+/m1/s1. The normalized spacial score (nSPS) is 24.2. The number of fused-ring (bicyclic) bond motifs is 3. The molecule has 1 fully saturated rings. The van der Waals surface area contributed by atoms with E-state index in [1.807, 2.05) is 60.5 Å². The largest absolute Gasteiger partial charge is 0.496 e. The molecule has 45 heavy (non-hydrogen) atoms. The first kappa shape index (κ1) is 35.9. The molecule has 0 aromatic heterocycles. The maximum Gasteiger partial charge on any atom is 0.247 e. The minimum absolute atomic E-state index is 0.0749. The molecule has 2 bridgehead atoms. The van der Waals surface area contributed by atoms with Gasteiger partial charge in [-0.05, 0) is 56.1 Å². The van der Waals surface area contributed by atoms with Gasteiger partial charge in [0, 0.05) is 24.7 Å². The summed E-state index contributed by atoms with van der Waals surface area (Å²) < 4.78 is 11.9. The maximum atomic E-state index is 14.4. The van der Waals surface area contributed by atoms with Gasteiger partial charge in [0.2, 0.25) is 23.6 Å². The molecule has 4 amide bonds. The molecule has 1 saturated heterocycles. The van der Waals surface area contributed by atoms with Crippen molar-refractivity contribution in [3.63, 3.8) is 0 Å². The van der Waals surface area contributed by atoms with Crippen molar-refractivity contribution >= 4 is 29.7 Å². The highest BCUT2D eigenvalue weighted by atomic mass is 16.5. The van der Waals surface area contributed by atoms with Crippen LogP contribution in [0.3, 0.4) is 0 Å². The van der Waals surface area contributed by atoms with Gasteiger partial charge >= 0.3 is 0 Å². The van der Waals surface area contributed by atoms with Crippen LogP contribution in [0.2, 0.25) is 0 Å². The van der Waals surface area contributed by atoms with Crippen molar-refractivity contribution in [2.75, 3.05) is 27.7 Å². The molecule has 2 aliphatic rings. The Balaban J connectivity index is 2.03. The molecule has 1 aromatic rings. The van der Waals surface area contributed by atoms with Crippen molar-refractivity contribution in [1.82, 2.24) is 25.8 Å². The first-order valence-corrected chi connectivity index (χ1v) is 16.3. The summed E-state index contributed by atoms with van der Waals surface area (Å²) in [6, 6.07) is 2.20. The summed E-state index contributed by atoms with van der Waals surface area (Å²) in [5, 5.41) is 8.80. The van der Waals surface area contributed by atoms with E-state index in [4.69, 9.17) is 9.47 Å². The Bertz CT molecular complexity index is 1240. The third-order valence-electron chi connectivity index (χ3n) is 9.45. The number of nitrogens with zero attached hydrogens (tertiary/aromatic N) is 2. The summed E-state index contributed by atoms with van der Waals surface area (Å²) >= 11 is 0. The molecular weight excluding hydrogens is 574 g/mol. The van der Waals surface area contributed by atoms with E-state index in [0.717, 1.165) is 6.42 Å². The van der Waals surface area contributed by atoms with Crippen molar-refractivity contribution in [3.05, 3.63) is 30.0 Å². The van der Waals surface area contributed by atoms with Crippen LogP contribution in [0.1, 0.15) is 72.8 Å². The average Bonchev–Trinajstić information content (AvgIpc) is 3.44. The molecule has 2 heterocycles. The molecule has 3 rings (SSSR count). The highest BCUT2D eigenvalue weighted by Gasteiger charge is 2.47. The predicted octanol–water partition coefficient (Wildman–Crippen LogP) is 3.18. The van der Waals surface area contributed by atoms with Crippen molar-refractivity contribution in [2.24, 2.45) is 17.8 Å². The molecule has 0 unspecified atom stereocenters. The molecule has 250 valence electrons. The lowest BCUT2D eigenvalue weighted by Gasteiger charge is -2.35. The number of ether oxygens (including phenoxy) is 2. The van der Waals surface area contributed by atoms with Crippen molar-refractivity contribution in [3.8, 4) is 11.5 Å².